The molecule has 1 atom stereocenters. The molecule has 1 aliphatic heterocycles. The summed E-state index contributed by atoms with van der Waals surface area (Å²) in [5.41, 5.74) is 3.24. The second-order valence-corrected chi connectivity index (χ2v) is 7.33. The van der Waals surface area contributed by atoms with E-state index < -0.39 is 0 Å². The van der Waals surface area contributed by atoms with Crippen LogP contribution in [-0.4, -0.2) is 38.9 Å². The number of halogens is 1. The average molecular weight is 383 g/mol. The van der Waals surface area contributed by atoms with Crippen molar-refractivity contribution in [3.63, 3.8) is 0 Å². The van der Waals surface area contributed by atoms with Crippen molar-refractivity contribution in [3.05, 3.63) is 77.3 Å². The van der Waals surface area contributed by atoms with Crippen molar-refractivity contribution in [3.8, 4) is 5.69 Å². The minimum absolute atomic E-state index is 0.306. The van der Waals surface area contributed by atoms with E-state index in [1.54, 1.807) is 0 Å². The summed E-state index contributed by atoms with van der Waals surface area (Å²) in [6.07, 6.45) is 8.43. The quantitative estimate of drug-likeness (QED) is 0.617. The summed E-state index contributed by atoms with van der Waals surface area (Å²) in [4.78, 5) is 6.87. The lowest BCUT2D eigenvalue weighted by atomic mass is 10.2. The Kier molecular flexibility index (Phi) is 5.82. The van der Waals surface area contributed by atoms with Crippen LogP contribution in [0.4, 0.5) is 0 Å². The highest BCUT2D eigenvalue weighted by molar-refractivity contribution is 6.30. The normalized spacial score (nSPS) is 16.9. The van der Waals surface area contributed by atoms with Crippen LogP contribution in [0.3, 0.4) is 0 Å². The Hall–Kier alpha value is -2.21. The lowest BCUT2D eigenvalue weighted by Gasteiger charge is -2.24. The van der Waals surface area contributed by atoms with Crippen LogP contribution in [0.25, 0.3) is 5.69 Å². The first-order chi connectivity index (χ1) is 13.3. The first kappa shape index (κ1) is 18.2. The lowest BCUT2D eigenvalue weighted by Crippen LogP contribution is -2.31. The van der Waals surface area contributed by atoms with Gasteiger partial charge in [-0.2, -0.15) is 5.10 Å². The molecule has 6 heteroatoms. The van der Waals surface area contributed by atoms with E-state index in [0.29, 0.717) is 6.10 Å². The van der Waals surface area contributed by atoms with Gasteiger partial charge in [0.25, 0.3) is 0 Å². The smallest absolute Gasteiger partial charge is 0.0703 e. The summed E-state index contributed by atoms with van der Waals surface area (Å²) >= 11 is 5.98. The van der Waals surface area contributed by atoms with Crippen LogP contribution in [-0.2, 0) is 17.8 Å². The molecular formula is C21H23ClN4O. The van der Waals surface area contributed by atoms with E-state index >= 15 is 0 Å². The molecule has 0 bridgehead atoms. The maximum Gasteiger partial charge on any atom is 0.0703 e. The van der Waals surface area contributed by atoms with Crippen molar-refractivity contribution in [2.75, 3.05) is 13.2 Å². The number of rotatable bonds is 7. The highest BCUT2D eigenvalue weighted by Crippen LogP contribution is 2.18. The number of benzene rings is 1. The Morgan fingerprint density at radius 2 is 2.04 bits per heavy atom. The number of pyridine rings is 1. The van der Waals surface area contributed by atoms with Gasteiger partial charge in [0.15, 0.2) is 0 Å². The van der Waals surface area contributed by atoms with Gasteiger partial charge in [-0.05, 0) is 49.2 Å². The monoisotopic (exact) mass is 382 g/mol. The van der Waals surface area contributed by atoms with Crippen LogP contribution in [0.1, 0.15) is 24.1 Å². The number of nitrogens with zero attached hydrogens (tertiary/aromatic N) is 4. The maximum atomic E-state index is 5.98. The Morgan fingerprint density at radius 1 is 1.15 bits per heavy atom. The van der Waals surface area contributed by atoms with E-state index in [2.05, 4.69) is 27.2 Å². The summed E-state index contributed by atoms with van der Waals surface area (Å²) in [6.45, 7) is 3.39. The van der Waals surface area contributed by atoms with Gasteiger partial charge >= 0.3 is 0 Å². The van der Waals surface area contributed by atoms with Crippen LogP contribution < -0.4 is 0 Å². The van der Waals surface area contributed by atoms with Crippen LogP contribution in [0.15, 0.2) is 61.1 Å². The van der Waals surface area contributed by atoms with Crippen molar-refractivity contribution in [2.24, 2.45) is 0 Å². The Morgan fingerprint density at radius 3 is 2.78 bits per heavy atom. The van der Waals surface area contributed by atoms with Gasteiger partial charge in [-0.15, -0.1) is 0 Å². The van der Waals surface area contributed by atoms with Crippen LogP contribution in [0, 0.1) is 0 Å². The summed E-state index contributed by atoms with van der Waals surface area (Å²) in [6, 6.07) is 13.7. The largest absolute Gasteiger partial charge is 0.377 e. The van der Waals surface area contributed by atoms with Crippen LogP contribution in [0.5, 0.6) is 0 Å². The summed E-state index contributed by atoms with van der Waals surface area (Å²) in [7, 11) is 0. The van der Waals surface area contributed by atoms with Crippen molar-refractivity contribution >= 4 is 11.6 Å². The van der Waals surface area contributed by atoms with Crippen molar-refractivity contribution < 1.29 is 4.74 Å². The molecule has 1 aliphatic rings. The van der Waals surface area contributed by atoms with Crippen molar-refractivity contribution in [1.29, 1.82) is 0 Å². The number of hydrogen-bond acceptors (Lipinski definition) is 4. The Bertz CT molecular complexity index is 844. The number of hydrogen-bond donors (Lipinski definition) is 0. The molecule has 3 heterocycles. The Labute approximate surface area is 164 Å². The molecular weight excluding hydrogens is 360 g/mol. The molecule has 1 aromatic carbocycles. The van der Waals surface area contributed by atoms with E-state index in [4.69, 9.17) is 16.3 Å². The zero-order valence-corrected chi connectivity index (χ0v) is 15.9. The highest BCUT2D eigenvalue weighted by Gasteiger charge is 2.20. The predicted molar refractivity (Wildman–Crippen MR) is 106 cm³/mol. The molecule has 0 spiro atoms. The summed E-state index contributed by atoms with van der Waals surface area (Å²) in [5.74, 6) is 0. The maximum absolute atomic E-state index is 5.98. The first-order valence-electron chi connectivity index (χ1n) is 9.29. The molecule has 1 fully saturated rings. The van der Waals surface area contributed by atoms with E-state index in [-0.39, 0.29) is 0 Å². The molecule has 5 nitrogen and oxygen atoms in total. The fraction of sp³-hybridized carbons (Fsp3) is 0.333. The van der Waals surface area contributed by atoms with Gasteiger partial charge in [0.05, 0.1) is 23.7 Å². The van der Waals surface area contributed by atoms with Crippen LogP contribution in [0.2, 0.25) is 5.02 Å². The molecule has 0 amide bonds. The minimum Gasteiger partial charge on any atom is -0.377 e. The fourth-order valence-corrected chi connectivity index (χ4v) is 3.54. The Balaban J connectivity index is 1.47. The molecule has 0 radical (unpaired) electrons. The molecule has 1 unspecified atom stereocenters. The van der Waals surface area contributed by atoms with Gasteiger partial charge < -0.3 is 4.74 Å². The molecule has 3 aromatic rings. The SMILES string of the molecule is Clc1ccc(-n2cc(CN(Cc3ccccn3)CC3CCCO3)cn2)cc1. The van der Waals surface area contributed by atoms with Gasteiger partial charge in [0.2, 0.25) is 0 Å². The fourth-order valence-electron chi connectivity index (χ4n) is 3.42. The van der Waals surface area contributed by atoms with Gasteiger partial charge in [0.1, 0.15) is 0 Å². The molecule has 1 saturated heterocycles. The molecule has 4 rings (SSSR count). The third-order valence-electron chi connectivity index (χ3n) is 4.73. The van der Waals surface area contributed by atoms with Crippen molar-refractivity contribution in [1.82, 2.24) is 19.7 Å². The third-order valence-corrected chi connectivity index (χ3v) is 4.98. The highest BCUT2D eigenvalue weighted by atomic mass is 35.5. The topological polar surface area (TPSA) is 43.2 Å². The predicted octanol–water partition coefficient (Wildman–Crippen LogP) is 4.10. The van der Waals surface area contributed by atoms with Gasteiger partial charge in [0, 0.05) is 49.2 Å². The molecule has 0 N–H and O–H groups in total. The number of ether oxygens (including phenoxy) is 1. The second kappa shape index (κ2) is 8.65. The lowest BCUT2D eigenvalue weighted by molar-refractivity contribution is 0.0675. The zero-order chi connectivity index (χ0) is 18.5. The number of aromatic nitrogens is 3. The van der Waals surface area contributed by atoms with E-state index in [1.807, 2.05) is 53.5 Å². The molecule has 2 aromatic heterocycles. The minimum atomic E-state index is 0.306. The summed E-state index contributed by atoms with van der Waals surface area (Å²) in [5, 5.41) is 5.23. The molecule has 27 heavy (non-hydrogen) atoms. The third kappa shape index (κ3) is 4.95. The zero-order valence-electron chi connectivity index (χ0n) is 15.2. The molecule has 140 valence electrons. The second-order valence-electron chi connectivity index (χ2n) is 6.90. The van der Waals surface area contributed by atoms with E-state index in [9.17, 15) is 0 Å². The molecule has 0 aliphatic carbocycles. The standard InChI is InChI=1S/C21H23ClN4O/c22-18-6-8-20(9-7-18)26-14-17(12-24-26)13-25(16-21-5-3-11-27-21)15-19-4-1-2-10-23-19/h1-2,4,6-10,12,14,21H,3,5,11,13,15-16H2. The van der Waals surface area contributed by atoms with E-state index in [0.717, 1.165) is 55.5 Å². The van der Waals surface area contributed by atoms with Crippen molar-refractivity contribution in [2.45, 2.75) is 32.0 Å². The van der Waals surface area contributed by atoms with Gasteiger partial charge in [-0.1, -0.05) is 17.7 Å². The summed E-state index contributed by atoms with van der Waals surface area (Å²) < 4.78 is 7.73. The average Bonchev–Trinajstić information content (AvgIpc) is 3.35. The van der Waals surface area contributed by atoms with Gasteiger partial charge in [-0.3, -0.25) is 9.88 Å². The van der Waals surface area contributed by atoms with E-state index in [1.165, 1.54) is 5.56 Å². The first-order valence-corrected chi connectivity index (χ1v) is 9.67. The van der Waals surface area contributed by atoms with Crippen LogP contribution >= 0.6 is 11.6 Å². The van der Waals surface area contributed by atoms with Gasteiger partial charge in [-0.25, -0.2) is 4.68 Å². The molecule has 0 saturated carbocycles.